The first kappa shape index (κ1) is 12.4. The fourth-order valence-corrected chi connectivity index (χ4v) is 0.656. The molecule has 0 rings (SSSR count). The Morgan fingerprint density at radius 3 is 2.57 bits per heavy atom. The lowest BCUT2D eigenvalue weighted by Gasteiger charge is -2.02. The number of hydrogen-bond acceptors (Lipinski definition) is 4. The van der Waals surface area contributed by atoms with Crippen molar-refractivity contribution >= 4 is 11.9 Å². The summed E-state index contributed by atoms with van der Waals surface area (Å²) in [6, 6.07) is 0. The topological polar surface area (TPSA) is 52.6 Å². The Labute approximate surface area is 83.2 Å². The van der Waals surface area contributed by atoms with Gasteiger partial charge in [0.2, 0.25) is 0 Å². The van der Waals surface area contributed by atoms with E-state index in [1.165, 1.54) is 0 Å². The van der Waals surface area contributed by atoms with Crippen LogP contribution in [0.25, 0.3) is 0 Å². The zero-order chi connectivity index (χ0) is 11.0. The minimum absolute atomic E-state index is 0.192. The molecule has 0 fully saturated rings. The number of carbonyl (C=O) groups is 2. The van der Waals surface area contributed by atoms with Gasteiger partial charge in [-0.1, -0.05) is 13.2 Å². The van der Waals surface area contributed by atoms with E-state index in [0.29, 0.717) is 12.0 Å². The lowest BCUT2D eigenvalue weighted by molar-refractivity contribution is -0.142. The van der Waals surface area contributed by atoms with Crippen molar-refractivity contribution in [2.24, 2.45) is 0 Å². The first-order valence-electron chi connectivity index (χ1n) is 4.21. The van der Waals surface area contributed by atoms with E-state index in [9.17, 15) is 9.59 Å². The van der Waals surface area contributed by atoms with E-state index in [4.69, 9.17) is 4.74 Å². The predicted octanol–water partition coefficient (Wildman–Crippen LogP) is 1.57. The minimum atomic E-state index is -0.443. The Morgan fingerprint density at radius 1 is 1.43 bits per heavy atom. The van der Waals surface area contributed by atoms with Gasteiger partial charge in [0.25, 0.3) is 0 Å². The van der Waals surface area contributed by atoms with Crippen molar-refractivity contribution < 1.29 is 19.1 Å². The highest BCUT2D eigenvalue weighted by atomic mass is 16.5. The van der Waals surface area contributed by atoms with Crippen molar-refractivity contribution in [1.29, 1.82) is 0 Å². The fourth-order valence-electron chi connectivity index (χ4n) is 0.656. The molecule has 4 heteroatoms. The third-order valence-electron chi connectivity index (χ3n) is 1.32. The SMILES string of the molecule is C=COC(=O)CCCOC(=O)C(=C)C. The van der Waals surface area contributed by atoms with Gasteiger partial charge in [-0.05, 0) is 13.3 Å². The summed E-state index contributed by atoms with van der Waals surface area (Å²) in [5.74, 6) is -0.825. The molecule has 0 aliphatic heterocycles. The van der Waals surface area contributed by atoms with Gasteiger partial charge in [0.05, 0.1) is 12.9 Å². The first-order valence-corrected chi connectivity index (χ1v) is 4.21. The Balaban J connectivity index is 3.47. The van der Waals surface area contributed by atoms with Crippen molar-refractivity contribution in [1.82, 2.24) is 0 Å². The predicted molar refractivity (Wildman–Crippen MR) is 51.3 cm³/mol. The molecule has 78 valence electrons. The molecule has 0 amide bonds. The van der Waals surface area contributed by atoms with Gasteiger partial charge in [0, 0.05) is 12.0 Å². The zero-order valence-electron chi connectivity index (χ0n) is 8.25. The third kappa shape index (κ3) is 5.99. The van der Waals surface area contributed by atoms with E-state index < -0.39 is 5.97 Å². The monoisotopic (exact) mass is 198 g/mol. The minimum Gasteiger partial charge on any atom is -0.462 e. The van der Waals surface area contributed by atoms with Crippen LogP contribution in [0.3, 0.4) is 0 Å². The maximum Gasteiger partial charge on any atom is 0.333 e. The van der Waals surface area contributed by atoms with Crippen molar-refractivity contribution in [3.8, 4) is 0 Å². The van der Waals surface area contributed by atoms with Gasteiger partial charge >= 0.3 is 11.9 Å². The quantitative estimate of drug-likeness (QED) is 0.281. The fraction of sp³-hybridized carbons (Fsp3) is 0.400. The van der Waals surface area contributed by atoms with E-state index >= 15 is 0 Å². The summed E-state index contributed by atoms with van der Waals surface area (Å²) in [6.45, 7) is 8.42. The average molecular weight is 198 g/mol. The molecular weight excluding hydrogens is 184 g/mol. The van der Waals surface area contributed by atoms with Crippen LogP contribution >= 0.6 is 0 Å². The summed E-state index contributed by atoms with van der Waals surface area (Å²) in [6.07, 6.45) is 1.71. The van der Waals surface area contributed by atoms with Gasteiger partial charge in [-0.25, -0.2) is 4.79 Å². The number of carbonyl (C=O) groups excluding carboxylic acids is 2. The average Bonchev–Trinajstić information content (AvgIpc) is 2.12. The molecule has 0 atom stereocenters. The summed E-state index contributed by atoms with van der Waals surface area (Å²) >= 11 is 0. The molecule has 14 heavy (non-hydrogen) atoms. The van der Waals surface area contributed by atoms with Gasteiger partial charge in [-0.15, -0.1) is 0 Å². The molecular formula is C10H14O4. The summed E-state index contributed by atoms with van der Waals surface area (Å²) in [4.78, 5) is 21.6. The summed E-state index contributed by atoms with van der Waals surface area (Å²) < 4.78 is 9.22. The maximum atomic E-state index is 10.9. The van der Waals surface area contributed by atoms with Crippen LogP contribution in [0.1, 0.15) is 19.8 Å². The third-order valence-corrected chi connectivity index (χ3v) is 1.32. The summed E-state index contributed by atoms with van der Waals surface area (Å²) in [5.41, 5.74) is 0.346. The molecule has 0 heterocycles. The largest absolute Gasteiger partial charge is 0.462 e. The van der Waals surface area contributed by atoms with Crippen LogP contribution in [0.15, 0.2) is 25.0 Å². The van der Waals surface area contributed by atoms with Crippen LogP contribution in [0.2, 0.25) is 0 Å². The molecule has 0 saturated heterocycles. The highest BCUT2D eigenvalue weighted by Crippen LogP contribution is 1.97. The zero-order valence-corrected chi connectivity index (χ0v) is 8.25. The van der Waals surface area contributed by atoms with Crippen LogP contribution in [0.5, 0.6) is 0 Å². The molecule has 0 unspecified atom stereocenters. The number of ether oxygens (including phenoxy) is 2. The van der Waals surface area contributed by atoms with Crippen LogP contribution < -0.4 is 0 Å². The van der Waals surface area contributed by atoms with Crippen molar-refractivity contribution in [2.75, 3.05) is 6.61 Å². The van der Waals surface area contributed by atoms with Crippen LogP contribution in [-0.4, -0.2) is 18.5 Å². The Bertz CT molecular complexity index is 243. The van der Waals surface area contributed by atoms with Gasteiger partial charge in [-0.3, -0.25) is 4.79 Å². The van der Waals surface area contributed by atoms with Crippen LogP contribution in [0.4, 0.5) is 0 Å². The number of hydrogen-bond donors (Lipinski definition) is 0. The number of rotatable bonds is 6. The van der Waals surface area contributed by atoms with Crippen LogP contribution in [0, 0.1) is 0 Å². The van der Waals surface area contributed by atoms with Gasteiger partial charge in [-0.2, -0.15) is 0 Å². The standard InChI is InChI=1S/C10H14O4/c1-4-13-9(11)6-5-7-14-10(12)8(2)3/h4H,1-2,5-7H2,3H3. The van der Waals surface area contributed by atoms with Crippen molar-refractivity contribution in [2.45, 2.75) is 19.8 Å². The van der Waals surface area contributed by atoms with E-state index in [1.54, 1.807) is 6.92 Å². The van der Waals surface area contributed by atoms with E-state index in [-0.39, 0.29) is 19.0 Å². The Hall–Kier alpha value is -1.58. The lowest BCUT2D eigenvalue weighted by atomic mass is 10.3. The van der Waals surface area contributed by atoms with Gasteiger partial charge in [0.1, 0.15) is 0 Å². The van der Waals surface area contributed by atoms with E-state index in [0.717, 1.165) is 6.26 Å². The smallest absolute Gasteiger partial charge is 0.333 e. The molecule has 0 aromatic carbocycles. The summed E-state index contributed by atoms with van der Waals surface area (Å²) in [5, 5.41) is 0. The van der Waals surface area contributed by atoms with E-state index in [1.807, 2.05) is 0 Å². The van der Waals surface area contributed by atoms with Crippen molar-refractivity contribution in [3.05, 3.63) is 25.0 Å². The second-order valence-electron chi connectivity index (χ2n) is 2.68. The molecule has 0 aliphatic rings. The summed E-state index contributed by atoms with van der Waals surface area (Å²) in [7, 11) is 0. The lowest BCUT2D eigenvalue weighted by Crippen LogP contribution is -2.08. The normalized spacial score (nSPS) is 8.93. The highest BCUT2D eigenvalue weighted by molar-refractivity contribution is 5.86. The number of esters is 2. The molecule has 0 bridgehead atoms. The molecule has 0 N–H and O–H groups in total. The van der Waals surface area contributed by atoms with Crippen molar-refractivity contribution in [3.63, 3.8) is 0 Å². The Morgan fingerprint density at radius 2 is 2.07 bits per heavy atom. The molecule has 0 aromatic rings. The molecule has 0 aliphatic carbocycles. The second-order valence-corrected chi connectivity index (χ2v) is 2.68. The molecule has 0 saturated carbocycles. The molecule has 0 spiro atoms. The maximum absolute atomic E-state index is 10.9. The van der Waals surface area contributed by atoms with Gasteiger partial charge < -0.3 is 9.47 Å². The Kier molecular flexibility index (Phi) is 6.11. The highest BCUT2D eigenvalue weighted by Gasteiger charge is 2.04. The molecule has 4 nitrogen and oxygen atoms in total. The first-order chi connectivity index (χ1) is 6.57. The van der Waals surface area contributed by atoms with Crippen LogP contribution in [-0.2, 0) is 19.1 Å². The van der Waals surface area contributed by atoms with E-state index in [2.05, 4.69) is 17.9 Å². The molecule has 0 radical (unpaired) electrons. The second kappa shape index (κ2) is 6.88. The van der Waals surface area contributed by atoms with Gasteiger partial charge in [0.15, 0.2) is 0 Å². The molecule has 0 aromatic heterocycles.